The van der Waals surface area contributed by atoms with Gasteiger partial charge in [0.2, 0.25) is 0 Å². The van der Waals surface area contributed by atoms with Crippen LogP contribution in [0.4, 0.5) is 0 Å². The molecule has 96 valence electrons. The number of hydrogen-bond acceptors (Lipinski definition) is 3. The van der Waals surface area contributed by atoms with Crippen LogP contribution in [0.3, 0.4) is 0 Å². The molecule has 0 fully saturated rings. The highest BCUT2D eigenvalue weighted by molar-refractivity contribution is 9.10. The number of methoxy groups -OCH3 is 1. The zero-order valence-electron chi connectivity index (χ0n) is 10.8. The van der Waals surface area contributed by atoms with Crippen LogP contribution in [0.5, 0.6) is 0 Å². The summed E-state index contributed by atoms with van der Waals surface area (Å²) >= 11 is 9.54. The average molecular weight is 322 g/mol. The summed E-state index contributed by atoms with van der Waals surface area (Å²) in [4.78, 5) is 8.85. The van der Waals surface area contributed by atoms with Crippen LogP contribution in [-0.4, -0.2) is 17.1 Å². The maximum absolute atomic E-state index is 6.12. The number of ether oxygens (including phenoxy) is 1. The van der Waals surface area contributed by atoms with Gasteiger partial charge >= 0.3 is 0 Å². The topological polar surface area (TPSA) is 35.0 Å². The molecule has 0 aromatic carbocycles. The molecule has 0 radical (unpaired) electrons. The normalized spacial score (nSPS) is 13.5. The molecule has 17 heavy (non-hydrogen) atoms. The highest BCUT2D eigenvalue weighted by Gasteiger charge is 2.22. The van der Waals surface area contributed by atoms with Gasteiger partial charge in [0.1, 0.15) is 11.3 Å². The van der Waals surface area contributed by atoms with E-state index in [0.717, 1.165) is 10.2 Å². The molecule has 1 rings (SSSR count). The maximum atomic E-state index is 6.12. The first-order chi connectivity index (χ1) is 7.88. The summed E-state index contributed by atoms with van der Waals surface area (Å²) in [5, 5.41) is 0.446. The molecule has 1 aromatic rings. The van der Waals surface area contributed by atoms with Crippen LogP contribution in [0.25, 0.3) is 0 Å². The molecule has 0 saturated carbocycles. The van der Waals surface area contributed by atoms with Gasteiger partial charge in [-0.3, -0.25) is 0 Å². The fraction of sp³-hybridized carbons (Fsp3) is 0.667. The third-order valence-electron chi connectivity index (χ3n) is 2.51. The summed E-state index contributed by atoms with van der Waals surface area (Å²) in [6.07, 6.45) is -0.127. The summed E-state index contributed by atoms with van der Waals surface area (Å²) in [5.41, 5.74) is 0.919. The monoisotopic (exact) mass is 320 g/mol. The summed E-state index contributed by atoms with van der Waals surface area (Å²) in [7, 11) is 1.67. The third-order valence-corrected chi connectivity index (χ3v) is 3.80. The lowest BCUT2D eigenvalue weighted by atomic mass is 10.1. The van der Waals surface area contributed by atoms with Crippen molar-refractivity contribution < 1.29 is 4.74 Å². The van der Waals surface area contributed by atoms with Crippen LogP contribution in [0.15, 0.2) is 4.47 Å². The zero-order chi connectivity index (χ0) is 13.2. The second kappa shape index (κ2) is 6.12. The van der Waals surface area contributed by atoms with Gasteiger partial charge in [-0.05, 0) is 27.8 Å². The first-order valence-corrected chi connectivity index (χ1v) is 6.81. The molecule has 1 atom stereocenters. The van der Waals surface area contributed by atoms with Crippen LogP contribution < -0.4 is 0 Å². The fourth-order valence-corrected chi connectivity index (χ4v) is 2.46. The van der Waals surface area contributed by atoms with Crippen LogP contribution in [0.1, 0.15) is 51.2 Å². The minimum absolute atomic E-state index is 0.127. The standard InChI is InChI=1S/C12H18BrClN2O/c1-6(2)9-8(13)11(14)16-12(15-9)10(17-5)7(3)4/h6-7,10H,1-5H3. The van der Waals surface area contributed by atoms with Gasteiger partial charge in [-0.15, -0.1) is 0 Å². The predicted molar refractivity (Wildman–Crippen MR) is 73.4 cm³/mol. The molecule has 0 amide bonds. The number of halogens is 2. The Balaban J connectivity index is 3.26. The van der Waals surface area contributed by atoms with Crippen LogP contribution >= 0.6 is 27.5 Å². The molecular formula is C12H18BrClN2O. The van der Waals surface area contributed by atoms with Crippen molar-refractivity contribution in [3.05, 3.63) is 21.1 Å². The molecule has 0 spiro atoms. The van der Waals surface area contributed by atoms with E-state index < -0.39 is 0 Å². The van der Waals surface area contributed by atoms with E-state index in [1.54, 1.807) is 7.11 Å². The Morgan fingerprint density at radius 1 is 1.18 bits per heavy atom. The molecule has 1 unspecified atom stereocenters. The van der Waals surface area contributed by atoms with E-state index in [9.17, 15) is 0 Å². The Kier molecular flexibility index (Phi) is 5.35. The summed E-state index contributed by atoms with van der Waals surface area (Å²) in [6, 6.07) is 0. The Morgan fingerprint density at radius 2 is 1.76 bits per heavy atom. The highest BCUT2D eigenvalue weighted by Crippen LogP contribution is 2.31. The number of rotatable bonds is 4. The van der Waals surface area contributed by atoms with Crippen LogP contribution in [0.2, 0.25) is 5.15 Å². The molecule has 5 heteroatoms. The van der Waals surface area contributed by atoms with E-state index in [2.05, 4.69) is 53.6 Å². The molecule has 0 aliphatic heterocycles. The van der Waals surface area contributed by atoms with Gasteiger partial charge in [-0.2, -0.15) is 0 Å². The lowest BCUT2D eigenvalue weighted by molar-refractivity contribution is 0.0572. The van der Waals surface area contributed by atoms with Crippen molar-refractivity contribution >= 4 is 27.5 Å². The molecule has 0 aliphatic rings. The summed E-state index contributed by atoms with van der Waals surface area (Å²) in [6.45, 7) is 8.29. The van der Waals surface area contributed by atoms with Crippen LogP contribution in [-0.2, 0) is 4.74 Å². The average Bonchev–Trinajstić information content (AvgIpc) is 2.22. The van der Waals surface area contributed by atoms with Gasteiger partial charge in [0.05, 0.1) is 10.2 Å². The molecule has 0 aliphatic carbocycles. The smallest absolute Gasteiger partial charge is 0.159 e. The van der Waals surface area contributed by atoms with Crippen molar-refractivity contribution in [3.63, 3.8) is 0 Å². The first-order valence-electron chi connectivity index (χ1n) is 5.64. The molecule has 1 heterocycles. The third kappa shape index (κ3) is 3.39. The van der Waals surface area contributed by atoms with Crippen molar-refractivity contribution in [3.8, 4) is 0 Å². The Bertz CT molecular complexity index is 396. The SMILES string of the molecule is COC(c1nc(Cl)c(Br)c(C(C)C)n1)C(C)C. The number of aromatic nitrogens is 2. The van der Waals surface area contributed by atoms with Gasteiger partial charge < -0.3 is 4.74 Å². The van der Waals surface area contributed by atoms with E-state index in [1.807, 2.05) is 0 Å². The maximum Gasteiger partial charge on any atom is 0.159 e. The molecule has 0 saturated heterocycles. The largest absolute Gasteiger partial charge is 0.373 e. The predicted octanol–water partition coefficient (Wildman–Crippen LogP) is 4.36. The minimum atomic E-state index is -0.127. The summed E-state index contributed by atoms with van der Waals surface area (Å²) < 4.78 is 6.20. The molecule has 1 aromatic heterocycles. The van der Waals surface area contributed by atoms with Gasteiger partial charge in [0.25, 0.3) is 0 Å². The summed E-state index contributed by atoms with van der Waals surface area (Å²) in [5.74, 6) is 1.24. The Morgan fingerprint density at radius 3 is 2.18 bits per heavy atom. The molecular weight excluding hydrogens is 304 g/mol. The second-order valence-electron chi connectivity index (χ2n) is 4.63. The van der Waals surface area contributed by atoms with E-state index in [-0.39, 0.29) is 12.0 Å². The van der Waals surface area contributed by atoms with Crippen molar-refractivity contribution in [1.29, 1.82) is 0 Å². The van der Waals surface area contributed by atoms with Crippen molar-refractivity contribution in [2.24, 2.45) is 5.92 Å². The van der Waals surface area contributed by atoms with Gasteiger partial charge in [-0.1, -0.05) is 39.3 Å². The lowest BCUT2D eigenvalue weighted by Gasteiger charge is -2.20. The van der Waals surface area contributed by atoms with E-state index in [1.165, 1.54) is 0 Å². The Hall–Kier alpha value is -0.190. The van der Waals surface area contributed by atoms with E-state index in [0.29, 0.717) is 16.9 Å². The van der Waals surface area contributed by atoms with Crippen LogP contribution in [0, 0.1) is 5.92 Å². The van der Waals surface area contributed by atoms with Gasteiger partial charge in [0.15, 0.2) is 5.82 Å². The van der Waals surface area contributed by atoms with Gasteiger partial charge in [-0.25, -0.2) is 9.97 Å². The van der Waals surface area contributed by atoms with E-state index in [4.69, 9.17) is 16.3 Å². The first kappa shape index (κ1) is 14.9. The number of nitrogens with zero attached hydrogens (tertiary/aromatic N) is 2. The van der Waals surface area contributed by atoms with Gasteiger partial charge in [0, 0.05) is 7.11 Å². The van der Waals surface area contributed by atoms with Crippen molar-refractivity contribution in [1.82, 2.24) is 9.97 Å². The molecule has 3 nitrogen and oxygen atoms in total. The minimum Gasteiger partial charge on any atom is -0.373 e. The van der Waals surface area contributed by atoms with E-state index >= 15 is 0 Å². The Labute approximate surface area is 116 Å². The quantitative estimate of drug-likeness (QED) is 0.773. The number of hydrogen-bond donors (Lipinski definition) is 0. The lowest BCUT2D eigenvalue weighted by Crippen LogP contribution is -2.15. The van der Waals surface area contributed by atoms with Crippen molar-refractivity contribution in [2.45, 2.75) is 39.7 Å². The van der Waals surface area contributed by atoms with Crippen molar-refractivity contribution in [2.75, 3.05) is 7.11 Å². The fourth-order valence-electron chi connectivity index (χ4n) is 1.64. The zero-order valence-corrected chi connectivity index (χ0v) is 13.1. The molecule has 0 bridgehead atoms. The second-order valence-corrected chi connectivity index (χ2v) is 5.78. The molecule has 0 N–H and O–H groups in total. The highest BCUT2D eigenvalue weighted by atomic mass is 79.9.